The summed E-state index contributed by atoms with van der Waals surface area (Å²) < 4.78 is 15.6. The Morgan fingerprint density at radius 3 is 2.31 bits per heavy atom. The highest BCUT2D eigenvalue weighted by Crippen LogP contribution is 2.20. The summed E-state index contributed by atoms with van der Waals surface area (Å²) in [4.78, 5) is 58.0. The number of rotatable bonds is 23. The Balaban J connectivity index is 1.81. The Morgan fingerprint density at radius 2 is 1.60 bits per heavy atom. The van der Waals surface area contributed by atoms with Crippen molar-refractivity contribution in [3.05, 3.63) is 64.6 Å². The van der Waals surface area contributed by atoms with Gasteiger partial charge < -0.3 is 40.6 Å². The van der Waals surface area contributed by atoms with E-state index >= 15 is 0 Å². The average molecular weight is 742 g/mol. The van der Waals surface area contributed by atoms with Crippen LogP contribution >= 0.6 is 11.3 Å². The highest BCUT2D eigenvalue weighted by atomic mass is 32.1. The topological polar surface area (TPSA) is 177 Å². The number of ether oxygens (including phenoxy) is 3. The molecule has 0 spiro atoms. The van der Waals surface area contributed by atoms with E-state index in [1.807, 2.05) is 70.2 Å². The monoisotopic (exact) mass is 741 g/mol. The quantitative estimate of drug-likeness (QED) is 0.0906. The normalized spacial score (nSPS) is 14.2. The zero-order valence-corrected chi connectivity index (χ0v) is 31.7. The van der Waals surface area contributed by atoms with E-state index in [9.17, 15) is 24.3 Å². The number of methoxy groups -OCH3 is 1. The van der Waals surface area contributed by atoms with Crippen molar-refractivity contribution < 1.29 is 38.5 Å². The van der Waals surface area contributed by atoms with Crippen LogP contribution in [0.15, 0.2) is 53.4 Å². The molecule has 0 radical (unpaired) electrons. The van der Waals surface area contributed by atoms with Crippen molar-refractivity contribution in [1.82, 2.24) is 26.3 Å². The van der Waals surface area contributed by atoms with Crippen LogP contribution in [0.3, 0.4) is 0 Å². The number of carbonyl (C=O) groups is 4. The number of thiazole rings is 1. The molecule has 5 atom stereocenters. The molecule has 3 rings (SSSR count). The molecule has 5 N–H and O–H groups in total. The number of hydrogen-bond acceptors (Lipinski definition) is 10. The van der Waals surface area contributed by atoms with Gasteiger partial charge in [0.25, 0.3) is 0 Å². The van der Waals surface area contributed by atoms with E-state index in [0.717, 1.165) is 22.8 Å². The van der Waals surface area contributed by atoms with Gasteiger partial charge in [0.15, 0.2) is 0 Å². The molecule has 286 valence electrons. The van der Waals surface area contributed by atoms with Crippen molar-refractivity contribution in [2.24, 2.45) is 11.8 Å². The third-order valence-electron chi connectivity index (χ3n) is 8.59. The van der Waals surface area contributed by atoms with Crippen molar-refractivity contribution >= 4 is 45.9 Å². The van der Waals surface area contributed by atoms with E-state index in [1.165, 1.54) is 11.3 Å². The lowest BCUT2D eigenvalue weighted by molar-refractivity contribution is -0.131. The molecule has 52 heavy (non-hydrogen) atoms. The Morgan fingerprint density at radius 1 is 0.885 bits per heavy atom. The van der Waals surface area contributed by atoms with E-state index in [-0.39, 0.29) is 44.3 Å². The Kier molecular flexibility index (Phi) is 18.5. The molecule has 4 amide bonds. The molecule has 0 aliphatic rings. The minimum Gasteiger partial charge on any atom is -0.447 e. The molecule has 1 aromatic heterocycles. The largest absolute Gasteiger partial charge is 0.447 e. The number of carbonyl (C=O) groups excluding carboxylic acids is 4. The molecule has 14 heteroatoms. The molecule has 0 bridgehead atoms. The smallest absolute Gasteiger partial charge is 0.407 e. The predicted molar refractivity (Wildman–Crippen MR) is 201 cm³/mol. The summed E-state index contributed by atoms with van der Waals surface area (Å²) in [5, 5.41) is 26.1. The van der Waals surface area contributed by atoms with Crippen LogP contribution in [-0.4, -0.2) is 98.2 Å². The molecule has 0 aliphatic carbocycles. The van der Waals surface area contributed by atoms with E-state index in [4.69, 9.17) is 14.2 Å². The molecule has 13 nitrogen and oxygen atoms in total. The molecule has 0 saturated carbocycles. The summed E-state index contributed by atoms with van der Waals surface area (Å²) in [5.74, 6) is -1.09. The Hall–Kier alpha value is -4.11. The van der Waals surface area contributed by atoms with Gasteiger partial charge in [0, 0.05) is 31.9 Å². The van der Waals surface area contributed by atoms with Crippen LogP contribution in [0.4, 0.5) is 4.79 Å². The number of hydrogen-bond donors (Lipinski definition) is 5. The highest BCUT2D eigenvalue weighted by molar-refractivity contribution is 7.07. The maximum Gasteiger partial charge on any atom is 0.407 e. The van der Waals surface area contributed by atoms with Gasteiger partial charge in [-0.2, -0.15) is 0 Å². The maximum atomic E-state index is 14.1. The number of aromatic nitrogens is 1. The van der Waals surface area contributed by atoms with E-state index in [2.05, 4.69) is 26.3 Å². The lowest BCUT2D eigenvalue weighted by atomic mass is 9.96. The van der Waals surface area contributed by atoms with Gasteiger partial charge in [-0.1, -0.05) is 76.6 Å². The molecule has 2 unspecified atom stereocenters. The first kappa shape index (κ1) is 42.3. The van der Waals surface area contributed by atoms with E-state index in [0.29, 0.717) is 37.8 Å². The minimum atomic E-state index is -1.16. The van der Waals surface area contributed by atoms with Crippen LogP contribution < -0.4 is 21.3 Å². The van der Waals surface area contributed by atoms with E-state index in [1.54, 1.807) is 18.0 Å². The number of aliphatic hydroxyl groups is 1. The third kappa shape index (κ3) is 14.9. The molecular weight excluding hydrogens is 687 g/mol. The first-order chi connectivity index (χ1) is 25.0. The minimum absolute atomic E-state index is 0.0395. The second-order valence-electron chi connectivity index (χ2n) is 13.4. The fourth-order valence-electron chi connectivity index (χ4n) is 5.49. The van der Waals surface area contributed by atoms with Gasteiger partial charge >= 0.3 is 6.09 Å². The van der Waals surface area contributed by atoms with Crippen molar-refractivity contribution in [2.75, 3.05) is 40.1 Å². The Bertz CT molecular complexity index is 1530. The van der Waals surface area contributed by atoms with Gasteiger partial charge in [0.2, 0.25) is 17.7 Å². The van der Waals surface area contributed by atoms with Crippen LogP contribution in [0.5, 0.6) is 0 Å². The van der Waals surface area contributed by atoms with Gasteiger partial charge in [-0.15, -0.1) is 11.3 Å². The van der Waals surface area contributed by atoms with Crippen LogP contribution in [0.25, 0.3) is 10.8 Å². The summed E-state index contributed by atoms with van der Waals surface area (Å²) in [6.45, 7) is 9.33. The van der Waals surface area contributed by atoms with Crippen molar-refractivity contribution in [3.63, 3.8) is 0 Å². The highest BCUT2D eigenvalue weighted by Gasteiger charge is 2.32. The molecule has 0 saturated heterocycles. The second kappa shape index (κ2) is 22.7. The van der Waals surface area contributed by atoms with Crippen molar-refractivity contribution in [3.8, 4) is 0 Å². The summed E-state index contributed by atoms with van der Waals surface area (Å²) in [7, 11) is 1.56. The maximum absolute atomic E-state index is 14.1. The van der Waals surface area contributed by atoms with Crippen LogP contribution in [0.1, 0.15) is 58.2 Å². The molecular formula is C38H55N5O8S. The molecule has 2 aromatic carbocycles. The molecule has 0 aliphatic heterocycles. The van der Waals surface area contributed by atoms with Gasteiger partial charge in [0.1, 0.15) is 18.7 Å². The summed E-state index contributed by atoms with van der Waals surface area (Å²) >= 11 is 1.35. The average Bonchev–Trinajstić information content (AvgIpc) is 3.64. The number of alkyl carbamates (subject to hydrolysis) is 1. The van der Waals surface area contributed by atoms with Gasteiger partial charge in [0.05, 0.1) is 49.6 Å². The zero-order valence-electron chi connectivity index (χ0n) is 30.9. The lowest BCUT2D eigenvalue weighted by Crippen LogP contribution is -2.57. The number of nitrogens with zero attached hydrogens (tertiary/aromatic N) is 1. The zero-order chi connectivity index (χ0) is 37.9. The number of benzene rings is 2. The molecule has 3 aromatic rings. The fraction of sp³-hybridized carbons (Fsp3) is 0.553. The van der Waals surface area contributed by atoms with Crippen molar-refractivity contribution in [1.29, 1.82) is 0 Å². The molecule has 1 heterocycles. The summed E-state index contributed by atoms with van der Waals surface area (Å²) in [6.07, 6.45) is -0.687. The number of aliphatic hydroxyl groups excluding tert-OH is 1. The van der Waals surface area contributed by atoms with Gasteiger partial charge in [-0.3, -0.25) is 14.4 Å². The summed E-state index contributed by atoms with van der Waals surface area (Å²) in [5.41, 5.74) is 3.03. The van der Waals surface area contributed by atoms with Crippen LogP contribution in [0, 0.1) is 11.8 Å². The standard InChI is InChI=1S/C38H55N5O8S/c1-6-26(4)22-39-35(45)21-34(44)31(18-25(2)3)41-37(47)33(20-29-23-52-24-40-29)42-36(46)32(43-38(48)51-17-16-50-15-14-49-5)19-28-12-9-11-27-10-7-8-13-30(27)28/h7-13,23-26,31-34,44H,6,14-22H2,1-5H3,(H,39,45)(H,41,47)(H,42,46)(H,43,48)/t26?,31-,32-,33?,34-/m0/s1. The lowest BCUT2D eigenvalue weighted by Gasteiger charge is -2.29. The van der Waals surface area contributed by atoms with Crippen LogP contribution in [0.2, 0.25) is 0 Å². The first-order valence-electron chi connectivity index (χ1n) is 17.9. The van der Waals surface area contributed by atoms with Gasteiger partial charge in [-0.05, 0) is 34.6 Å². The SMILES string of the molecule is CCC(C)CNC(=O)C[C@H](O)[C@H](CC(C)C)NC(=O)C(Cc1cscn1)NC(=O)[C@H](Cc1cccc2ccccc12)NC(=O)OCCOCCOC. The first-order valence-corrected chi connectivity index (χ1v) is 18.8. The number of amides is 4. The fourth-order valence-corrected chi connectivity index (χ4v) is 6.06. The number of nitrogens with one attached hydrogen (secondary N) is 4. The number of fused-ring (bicyclic) bond motifs is 1. The van der Waals surface area contributed by atoms with Crippen LogP contribution in [-0.2, 0) is 41.4 Å². The molecule has 0 fully saturated rings. The predicted octanol–water partition coefficient (Wildman–Crippen LogP) is 3.77. The second-order valence-corrected chi connectivity index (χ2v) is 14.1. The third-order valence-corrected chi connectivity index (χ3v) is 9.23. The van der Waals surface area contributed by atoms with E-state index < -0.39 is 42.1 Å². The van der Waals surface area contributed by atoms with Crippen molar-refractivity contribution in [2.45, 2.75) is 84.0 Å². The summed E-state index contributed by atoms with van der Waals surface area (Å²) in [6, 6.07) is 10.5. The van der Waals surface area contributed by atoms with Gasteiger partial charge in [-0.25, -0.2) is 9.78 Å². The Labute approximate surface area is 310 Å².